The third-order valence-corrected chi connectivity index (χ3v) is 1.66. The first kappa shape index (κ1) is 12.1. The maximum absolute atomic E-state index is 11.3. The molecule has 1 aromatic rings. The van der Waals surface area contributed by atoms with Crippen molar-refractivity contribution in [1.82, 2.24) is 4.98 Å². The van der Waals surface area contributed by atoms with E-state index in [0.717, 1.165) is 0 Å². The highest BCUT2D eigenvalue weighted by atomic mass is 16.7. The predicted octanol–water partition coefficient (Wildman–Crippen LogP) is 0.0879. The van der Waals surface area contributed by atoms with Crippen molar-refractivity contribution in [1.29, 1.82) is 0 Å². The molecule has 2 N–H and O–H groups in total. The number of carbonyl (C=O) groups excluding carboxylic acids is 2. The van der Waals surface area contributed by atoms with Crippen LogP contribution in [0.25, 0.3) is 0 Å². The van der Waals surface area contributed by atoms with E-state index in [1.54, 1.807) is 12.1 Å². The summed E-state index contributed by atoms with van der Waals surface area (Å²) >= 11 is 0. The third kappa shape index (κ3) is 4.05. The summed E-state index contributed by atoms with van der Waals surface area (Å²) in [7, 11) is 0. The molecule has 0 saturated carbocycles. The fourth-order valence-electron chi connectivity index (χ4n) is 0.906. The minimum Gasteiger partial charge on any atom is -0.428 e. The number of nitrogens with zero attached hydrogens (tertiary/aromatic N) is 1. The lowest BCUT2D eigenvalue weighted by molar-refractivity contribution is -0.151. The van der Waals surface area contributed by atoms with Gasteiger partial charge in [0.25, 0.3) is 0 Å². The highest BCUT2D eigenvalue weighted by Gasteiger charge is 2.07. The van der Waals surface area contributed by atoms with Gasteiger partial charge in [0.05, 0.1) is 12.0 Å². The Morgan fingerprint density at radius 1 is 1.38 bits per heavy atom. The number of carbonyl (C=O) groups is 2. The monoisotopic (exact) mass is 224 g/mol. The molecule has 1 rings (SSSR count). The summed E-state index contributed by atoms with van der Waals surface area (Å²) in [6, 6.07) is 3.16. The zero-order valence-electron chi connectivity index (χ0n) is 8.59. The van der Waals surface area contributed by atoms with Gasteiger partial charge in [-0.15, -0.1) is 0 Å². The van der Waals surface area contributed by atoms with Crippen molar-refractivity contribution < 1.29 is 19.1 Å². The Labute approximate surface area is 92.4 Å². The summed E-state index contributed by atoms with van der Waals surface area (Å²) < 4.78 is 9.27. The quantitative estimate of drug-likeness (QED) is 0.563. The summed E-state index contributed by atoms with van der Waals surface area (Å²) in [6.07, 6.45) is 3.01. The molecule has 1 aromatic heterocycles. The first-order valence-electron chi connectivity index (χ1n) is 4.67. The topological polar surface area (TPSA) is 91.5 Å². The zero-order chi connectivity index (χ0) is 11.8. The Morgan fingerprint density at radius 2 is 2.19 bits per heavy atom. The number of aromatic nitrogens is 1. The molecule has 0 amide bonds. The number of hydrogen-bond donors (Lipinski definition) is 1. The second-order valence-electron chi connectivity index (χ2n) is 2.85. The molecular formula is C10H12N2O4. The summed E-state index contributed by atoms with van der Waals surface area (Å²) in [5.41, 5.74) is 5.44. The molecule has 0 aliphatic heterocycles. The van der Waals surface area contributed by atoms with Gasteiger partial charge in [0.15, 0.2) is 0 Å². The first-order chi connectivity index (χ1) is 7.74. The fraction of sp³-hybridized carbons (Fsp3) is 0.300. The Kier molecular flexibility index (Phi) is 4.94. The number of pyridine rings is 1. The smallest absolute Gasteiger partial charge is 0.342 e. The molecule has 6 nitrogen and oxygen atoms in total. The van der Waals surface area contributed by atoms with Gasteiger partial charge in [-0.1, -0.05) is 0 Å². The lowest BCUT2D eigenvalue weighted by atomic mass is 10.3. The first-order valence-corrected chi connectivity index (χ1v) is 4.67. The molecule has 0 fully saturated rings. The Bertz CT molecular complexity index is 353. The van der Waals surface area contributed by atoms with Crippen molar-refractivity contribution in [3.8, 4) is 0 Å². The van der Waals surface area contributed by atoms with Crippen molar-refractivity contribution in [2.45, 2.75) is 6.42 Å². The number of nitrogens with two attached hydrogens (primary N) is 1. The van der Waals surface area contributed by atoms with Crippen molar-refractivity contribution in [3.63, 3.8) is 0 Å². The van der Waals surface area contributed by atoms with Crippen LogP contribution in [0.4, 0.5) is 0 Å². The number of esters is 2. The zero-order valence-corrected chi connectivity index (χ0v) is 8.59. The molecule has 0 radical (unpaired) electrons. The molecule has 6 heteroatoms. The third-order valence-electron chi connectivity index (χ3n) is 1.66. The molecule has 0 aliphatic carbocycles. The predicted molar refractivity (Wildman–Crippen MR) is 54.3 cm³/mol. The van der Waals surface area contributed by atoms with Crippen molar-refractivity contribution in [2.24, 2.45) is 5.73 Å². The van der Waals surface area contributed by atoms with Crippen molar-refractivity contribution in [3.05, 3.63) is 30.1 Å². The molecule has 0 atom stereocenters. The summed E-state index contributed by atoms with van der Waals surface area (Å²) in [5, 5.41) is 0. The van der Waals surface area contributed by atoms with Crippen molar-refractivity contribution >= 4 is 11.9 Å². The molecule has 1 heterocycles. The van der Waals surface area contributed by atoms with E-state index in [0.29, 0.717) is 5.56 Å². The normalized spacial score (nSPS) is 9.56. The summed E-state index contributed by atoms with van der Waals surface area (Å²) in [4.78, 5) is 25.9. The molecule has 0 unspecified atom stereocenters. The molecule has 86 valence electrons. The summed E-state index contributed by atoms with van der Waals surface area (Å²) in [5.74, 6) is -1.09. The number of hydrogen-bond acceptors (Lipinski definition) is 6. The van der Waals surface area contributed by atoms with Crippen LogP contribution in [0, 0.1) is 0 Å². The second-order valence-corrected chi connectivity index (χ2v) is 2.85. The lowest BCUT2D eigenvalue weighted by Crippen LogP contribution is -2.15. The Balaban J connectivity index is 2.29. The van der Waals surface area contributed by atoms with Gasteiger partial charge < -0.3 is 15.2 Å². The molecule has 0 aromatic carbocycles. The summed E-state index contributed by atoms with van der Waals surface area (Å²) in [6.45, 7) is -0.206. The van der Waals surface area contributed by atoms with E-state index < -0.39 is 18.7 Å². The molecule has 16 heavy (non-hydrogen) atoms. The highest BCUT2D eigenvalue weighted by Crippen LogP contribution is 1.98. The largest absolute Gasteiger partial charge is 0.428 e. The maximum Gasteiger partial charge on any atom is 0.342 e. The van der Waals surface area contributed by atoms with E-state index in [1.807, 2.05) is 0 Å². The number of rotatable bonds is 5. The van der Waals surface area contributed by atoms with E-state index >= 15 is 0 Å². The van der Waals surface area contributed by atoms with Crippen LogP contribution in [0.3, 0.4) is 0 Å². The van der Waals surface area contributed by atoms with Gasteiger partial charge >= 0.3 is 11.9 Å². The van der Waals surface area contributed by atoms with Gasteiger partial charge in [0.2, 0.25) is 6.79 Å². The SMILES string of the molecule is NCCC(=O)OCOC(=O)c1cccnc1. The Hall–Kier alpha value is -1.95. The average molecular weight is 224 g/mol. The van der Waals surface area contributed by atoms with Crippen molar-refractivity contribution in [2.75, 3.05) is 13.3 Å². The van der Waals surface area contributed by atoms with Crippen LogP contribution < -0.4 is 5.73 Å². The van der Waals surface area contributed by atoms with Crippen LogP contribution >= 0.6 is 0 Å². The Morgan fingerprint density at radius 3 is 2.81 bits per heavy atom. The standard InChI is InChI=1S/C10H12N2O4/c11-4-3-9(13)15-7-16-10(14)8-2-1-5-12-6-8/h1-2,5-6H,3-4,7,11H2. The van der Waals surface area contributed by atoms with E-state index in [2.05, 4.69) is 14.5 Å². The van der Waals surface area contributed by atoms with Gasteiger partial charge in [-0.05, 0) is 12.1 Å². The van der Waals surface area contributed by atoms with Crippen LogP contribution in [0.2, 0.25) is 0 Å². The maximum atomic E-state index is 11.3. The fourth-order valence-corrected chi connectivity index (χ4v) is 0.906. The van der Waals surface area contributed by atoms with E-state index in [9.17, 15) is 9.59 Å². The van der Waals surface area contributed by atoms with Crippen LogP contribution in [-0.4, -0.2) is 30.3 Å². The van der Waals surface area contributed by atoms with E-state index in [-0.39, 0.29) is 13.0 Å². The molecule has 0 saturated heterocycles. The second kappa shape index (κ2) is 6.52. The average Bonchev–Trinajstić information content (AvgIpc) is 2.30. The molecule has 0 bridgehead atoms. The van der Waals surface area contributed by atoms with Crippen LogP contribution in [0.1, 0.15) is 16.8 Å². The molecular weight excluding hydrogens is 212 g/mol. The minimum absolute atomic E-state index is 0.102. The van der Waals surface area contributed by atoms with E-state index in [4.69, 9.17) is 5.73 Å². The molecule has 0 spiro atoms. The lowest BCUT2D eigenvalue weighted by Gasteiger charge is -2.05. The van der Waals surface area contributed by atoms with Gasteiger partial charge in [-0.25, -0.2) is 4.79 Å². The van der Waals surface area contributed by atoms with Crippen LogP contribution in [0.5, 0.6) is 0 Å². The van der Waals surface area contributed by atoms with Gasteiger partial charge in [0, 0.05) is 18.9 Å². The van der Waals surface area contributed by atoms with Gasteiger partial charge in [-0.3, -0.25) is 9.78 Å². The number of ether oxygens (including phenoxy) is 2. The van der Waals surface area contributed by atoms with Gasteiger partial charge in [0.1, 0.15) is 0 Å². The van der Waals surface area contributed by atoms with E-state index in [1.165, 1.54) is 12.4 Å². The van der Waals surface area contributed by atoms with Gasteiger partial charge in [-0.2, -0.15) is 0 Å². The molecule has 0 aliphatic rings. The van der Waals surface area contributed by atoms with Crippen LogP contribution in [0.15, 0.2) is 24.5 Å². The van der Waals surface area contributed by atoms with Crippen LogP contribution in [-0.2, 0) is 14.3 Å². The minimum atomic E-state index is -0.589. The highest BCUT2D eigenvalue weighted by molar-refractivity contribution is 5.88.